The van der Waals surface area contributed by atoms with Gasteiger partial charge in [-0.25, -0.2) is 5.43 Å². The van der Waals surface area contributed by atoms with Crippen LogP contribution < -0.4 is 14.9 Å². The van der Waals surface area contributed by atoms with Crippen LogP contribution in [0.1, 0.15) is 25.0 Å². The maximum atomic E-state index is 12.0. The molecule has 5 nitrogen and oxygen atoms in total. The van der Waals surface area contributed by atoms with Crippen LogP contribution >= 0.6 is 15.9 Å². The maximum Gasteiger partial charge on any atom is 0.244 e. The molecule has 0 aliphatic heterocycles. The molecule has 6 heteroatoms. The van der Waals surface area contributed by atoms with Crippen molar-refractivity contribution >= 4 is 28.1 Å². The number of carbonyl (C=O) groups excluding carboxylic acids is 1. The van der Waals surface area contributed by atoms with E-state index in [4.69, 9.17) is 9.47 Å². The lowest BCUT2D eigenvalue weighted by molar-refractivity contribution is -0.120. The Balaban J connectivity index is 1.93. The first kappa shape index (κ1) is 19.0. The standard InChI is InChI=1S/C19H21BrN2O3/c1-3-24-17-8-5-14(6-9-17)11-19(23)22-21-13-15-12-16(20)7-10-18(15)25-4-2/h5-10,12-13H,3-4,11H2,1-2H3,(H,22,23)/b21-13-. The average molecular weight is 405 g/mol. The number of nitrogens with zero attached hydrogens (tertiary/aromatic N) is 1. The molecule has 2 aromatic rings. The summed E-state index contributed by atoms with van der Waals surface area (Å²) < 4.78 is 11.8. The summed E-state index contributed by atoms with van der Waals surface area (Å²) in [7, 11) is 0. The second kappa shape index (κ2) is 9.84. The molecule has 0 unspecified atom stereocenters. The molecule has 0 aromatic heterocycles. The summed E-state index contributed by atoms with van der Waals surface area (Å²) in [6.45, 7) is 5.03. The summed E-state index contributed by atoms with van der Waals surface area (Å²) in [5.41, 5.74) is 4.22. The predicted molar refractivity (Wildman–Crippen MR) is 102 cm³/mol. The van der Waals surface area contributed by atoms with Crippen molar-refractivity contribution in [1.29, 1.82) is 0 Å². The van der Waals surface area contributed by atoms with E-state index in [1.165, 1.54) is 0 Å². The topological polar surface area (TPSA) is 59.9 Å². The molecule has 0 spiro atoms. The van der Waals surface area contributed by atoms with Gasteiger partial charge in [0.1, 0.15) is 11.5 Å². The highest BCUT2D eigenvalue weighted by molar-refractivity contribution is 9.10. The number of hydrogen-bond acceptors (Lipinski definition) is 4. The van der Waals surface area contributed by atoms with Gasteiger partial charge in [-0.1, -0.05) is 28.1 Å². The Morgan fingerprint density at radius 1 is 1.12 bits per heavy atom. The van der Waals surface area contributed by atoms with Gasteiger partial charge < -0.3 is 9.47 Å². The van der Waals surface area contributed by atoms with E-state index in [-0.39, 0.29) is 12.3 Å². The lowest BCUT2D eigenvalue weighted by Crippen LogP contribution is -2.19. The largest absolute Gasteiger partial charge is 0.494 e. The normalized spacial score (nSPS) is 10.7. The molecule has 1 N–H and O–H groups in total. The van der Waals surface area contributed by atoms with Crippen molar-refractivity contribution in [3.05, 3.63) is 58.1 Å². The Bertz CT molecular complexity index is 730. The van der Waals surface area contributed by atoms with E-state index in [2.05, 4.69) is 26.5 Å². The van der Waals surface area contributed by atoms with Crippen LogP contribution in [0.15, 0.2) is 52.0 Å². The van der Waals surface area contributed by atoms with Crippen molar-refractivity contribution in [2.45, 2.75) is 20.3 Å². The summed E-state index contributed by atoms with van der Waals surface area (Å²) in [6, 6.07) is 13.1. The van der Waals surface area contributed by atoms with Crippen molar-refractivity contribution in [1.82, 2.24) is 5.43 Å². The van der Waals surface area contributed by atoms with Crippen molar-refractivity contribution in [3.63, 3.8) is 0 Å². The average Bonchev–Trinajstić information content (AvgIpc) is 2.59. The number of carbonyl (C=O) groups is 1. The number of hydrazone groups is 1. The van der Waals surface area contributed by atoms with E-state index in [9.17, 15) is 4.79 Å². The van der Waals surface area contributed by atoms with Crippen LogP contribution in [0.2, 0.25) is 0 Å². The van der Waals surface area contributed by atoms with Gasteiger partial charge in [0.15, 0.2) is 0 Å². The fourth-order valence-corrected chi connectivity index (χ4v) is 2.55. The molecule has 0 aliphatic rings. The molecule has 25 heavy (non-hydrogen) atoms. The van der Waals surface area contributed by atoms with Gasteiger partial charge in [0.05, 0.1) is 25.8 Å². The number of amides is 1. The molecular formula is C19H21BrN2O3. The fraction of sp³-hybridized carbons (Fsp3) is 0.263. The Morgan fingerprint density at radius 2 is 1.84 bits per heavy atom. The zero-order valence-electron chi connectivity index (χ0n) is 14.3. The number of rotatable bonds is 8. The minimum Gasteiger partial charge on any atom is -0.494 e. The molecule has 0 heterocycles. The van der Waals surface area contributed by atoms with Crippen LogP contribution in [-0.4, -0.2) is 25.3 Å². The van der Waals surface area contributed by atoms with E-state index in [1.54, 1.807) is 6.21 Å². The lowest BCUT2D eigenvalue weighted by Gasteiger charge is -2.07. The van der Waals surface area contributed by atoms with Gasteiger partial charge in [0.2, 0.25) is 5.91 Å². The number of ether oxygens (including phenoxy) is 2. The van der Waals surface area contributed by atoms with Crippen LogP contribution in [0.3, 0.4) is 0 Å². The quantitative estimate of drug-likeness (QED) is 0.535. The van der Waals surface area contributed by atoms with Gasteiger partial charge in [-0.3, -0.25) is 4.79 Å². The molecule has 0 saturated heterocycles. The van der Waals surface area contributed by atoms with Gasteiger partial charge in [-0.05, 0) is 49.7 Å². The van der Waals surface area contributed by atoms with Gasteiger partial charge in [-0.2, -0.15) is 5.10 Å². The van der Waals surface area contributed by atoms with E-state index in [1.807, 2.05) is 56.3 Å². The molecule has 0 fully saturated rings. The second-order valence-corrected chi connectivity index (χ2v) is 6.08. The molecule has 1 amide bonds. The first-order chi connectivity index (χ1) is 12.1. The van der Waals surface area contributed by atoms with E-state index >= 15 is 0 Å². The molecule has 0 radical (unpaired) electrons. The first-order valence-electron chi connectivity index (χ1n) is 8.08. The summed E-state index contributed by atoms with van der Waals surface area (Å²) in [5.74, 6) is 1.33. The molecule has 0 saturated carbocycles. The third-order valence-corrected chi connectivity index (χ3v) is 3.76. The fourth-order valence-electron chi connectivity index (χ4n) is 2.18. The first-order valence-corrected chi connectivity index (χ1v) is 8.87. The highest BCUT2D eigenvalue weighted by atomic mass is 79.9. The van der Waals surface area contributed by atoms with Crippen molar-refractivity contribution in [3.8, 4) is 11.5 Å². The maximum absolute atomic E-state index is 12.0. The molecule has 0 bridgehead atoms. The SMILES string of the molecule is CCOc1ccc(CC(=O)N/N=C\c2cc(Br)ccc2OCC)cc1. The van der Waals surface area contributed by atoms with E-state index in [0.717, 1.165) is 27.1 Å². The molecule has 2 aromatic carbocycles. The molecule has 0 atom stereocenters. The number of nitrogens with one attached hydrogen (secondary N) is 1. The lowest BCUT2D eigenvalue weighted by atomic mass is 10.1. The summed E-state index contributed by atoms with van der Waals surface area (Å²) in [4.78, 5) is 12.0. The van der Waals surface area contributed by atoms with E-state index < -0.39 is 0 Å². The minimum atomic E-state index is -0.187. The Kier molecular flexibility index (Phi) is 7.47. The van der Waals surface area contributed by atoms with Crippen molar-refractivity contribution < 1.29 is 14.3 Å². The second-order valence-electron chi connectivity index (χ2n) is 5.16. The van der Waals surface area contributed by atoms with Crippen LogP contribution in [0.4, 0.5) is 0 Å². The predicted octanol–water partition coefficient (Wildman–Crippen LogP) is 3.94. The Morgan fingerprint density at radius 3 is 2.52 bits per heavy atom. The van der Waals surface area contributed by atoms with Gasteiger partial charge in [-0.15, -0.1) is 0 Å². The summed E-state index contributed by atoms with van der Waals surface area (Å²) >= 11 is 3.41. The smallest absolute Gasteiger partial charge is 0.244 e. The summed E-state index contributed by atoms with van der Waals surface area (Å²) in [5, 5.41) is 4.02. The van der Waals surface area contributed by atoms with Gasteiger partial charge >= 0.3 is 0 Å². The monoisotopic (exact) mass is 404 g/mol. The van der Waals surface area contributed by atoms with Crippen molar-refractivity contribution in [2.75, 3.05) is 13.2 Å². The third-order valence-electron chi connectivity index (χ3n) is 3.26. The molecule has 0 aliphatic carbocycles. The zero-order valence-corrected chi connectivity index (χ0v) is 15.9. The third kappa shape index (κ3) is 6.23. The van der Waals surface area contributed by atoms with Crippen LogP contribution in [0.5, 0.6) is 11.5 Å². The van der Waals surface area contributed by atoms with Crippen molar-refractivity contribution in [2.24, 2.45) is 5.10 Å². The summed E-state index contributed by atoms with van der Waals surface area (Å²) in [6.07, 6.45) is 1.83. The highest BCUT2D eigenvalue weighted by Crippen LogP contribution is 2.21. The molecular weight excluding hydrogens is 384 g/mol. The number of hydrogen-bond donors (Lipinski definition) is 1. The Labute approximate surface area is 156 Å². The van der Waals surface area contributed by atoms with Crippen LogP contribution in [0.25, 0.3) is 0 Å². The van der Waals surface area contributed by atoms with Gasteiger partial charge in [0, 0.05) is 10.0 Å². The highest BCUT2D eigenvalue weighted by Gasteiger charge is 2.04. The van der Waals surface area contributed by atoms with E-state index in [0.29, 0.717) is 13.2 Å². The Hall–Kier alpha value is -2.34. The van der Waals surface area contributed by atoms with Crippen LogP contribution in [0, 0.1) is 0 Å². The minimum absolute atomic E-state index is 0.187. The molecule has 2 rings (SSSR count). The molecule has 132 valence electrons. The number of halogens is 1. The van der Waals surface area contributed by atoms with Crippen LogP contribution in [-0.2, 0) is 11.2 Å². The number of benzene rings is 2. The van der Waals surface area contributed by atoms with Gasteiger partial charge in [0.25, 0.3) is 0 Å². The zero-order chi connectivity index (χ0) is 18.1.